The van der Waals surface area contributed by atoms with Crippen molar-refractivity contribution >= 4 is 0 Å². The van der Waals surface area contributed by atoms with Crippen LogP contribution in [0.15, 0.2) is 22.9 Å². The van der Waals surface area contributed by atoms with Crippen molar-refractivity contribution < 1.29 is 9.63 Å². The quantitative estimate of drug-likeness (QED) is 0.816. The molecule has 18 heavy (non-hydrogen) atoms. The van der Waals surface area contributed by atoms with Gasteiger partial charge in [-0.3, -0.25) is 4.98 Å². The molecular formula is C12H14N4O2. The molecule has 2 atom stereocenters. The Morgan fingerprint density at radius 2 is 2.39 bits per heavy atom. The highest BCUT2D eigenvalue weighted by Gasteiger charge is 2.28. The Kier molecular flexibility index (Phi) is 2.81. The highest BCUT2D eigenvalue weighted by Crippen LogP contribution is 2.24. The molecule has 2 aromatic rings. The van der Waals surface area contributed by atoms with E-state index in [4.69, 9.17) is 4.52 Å². The molecule has 6 heteroatoms. The Morgan fingerprint density at radius 3 is 3.11 bits per heavy atom. The number of nitrogens with one attached hydrogen (secondary N) is 1. The lowest BCUT2D eigenvalue weighted by atomic mass is 10.2. The van der Waals surface area contributed by atoms with Crippen LogP contribution < -0.4 is 5.32 Å². The van der Waals surface area contributed by atoms with Crippen LogP contribution >= 0.6 is 0 Å². The number of β-amino-alcohol motifs (C(OH)–C–C–N with tert-alkyl or cyclic N) is 1. The minimum Gasteiger partial charge on any atom is -0.392 e. The molecule has 1 saturated heterocycles. The standard InChI is InChI=1S/C12H14N4O2/c1-7-3-2-4-13-10(7)11-15-12(18-16-11)9-5-8(17)6-14-9/h2-4,8-9,14,17H,5-6H2,1H3/t8-,9-/m1/s1. The van der Waals surface area contributed by atoms with Gasteiger partial charge in [-0.05, 0) is 25.0 Å². The van der Waals surface area contributed by atoms with E-state index in [1.54, 1.807) is 6.20 Å². The van der Waals surface area contributed by atoms with Crippen LogP contribution in [0.3, 0.4) is 0 Å². The van der Waals surface area contributed by atoms with Gasteiger partial charge in [0.15, 0.2) is 0 Å². The molecule has 0 radical (unpaired) electrons. The van der Waals surface area contributed by atoms with E-state index in [9.17, 15) is 5.11 Å². The van der Waals surface area contributed by atoms with E-state index in [1.165, 1.54) is 0 Å². The largest absolute Gasteiger partial charge is 0.392 e. The number of aliphatic hydroxyl groups is 1. The van der Waals surface area contributed by atoms with Crippen LogP contribution in [0.5, 0.6) is 0 Å². The molecule has 0 unspecified atom stereocenters. The minimum absolute atomic E-state index is 0.0646. The summed E-state index contributed by atoms with van der Waals surface area (Å²) in [5.41, 5.74) is 1.73. The van der Waals surface area contributed by atoms with Gasteiger partial charge in [0.1, 0.15) is 5.69 Å². The Bertz CT molecular complexity index is 555. The molecule has 0 aromatic carbocycles. The van der Waals surface area contributed by atoms with Crippen molar-refractivity contribution in [1.29, 1.82) is 0 Å². The molecule has 1 aliphatic heterocycles. The third kappa shape index (κ3) is 2.00. The minimum atomic E-state index is -0.345. The summed E-state index contributed by atoms with van der Waals surface area (Å²) in [7, 11) is 0. The number of hydrogen-bond donors (Lipinski definition) is 2. The van der Waals surface area contributed by atoms with Gasteiger partial charge in [-0.2, -0.15) is 4.98 Å². The van der Waals surface area contributed by atoms with Crippen molar-refractivity contribution in [2.45, 2.75) is 25.5 Å². The Morgan fingerprint density at radius 1 is 1.50 bits per heavy atom. The second-order valence-corrected chi connectivity index (χ2v) is 4.48. The molecule has 3 heterocycles. The van der Waals surface area contributed by atoms with E-state index in [0.29, 0.717) is 24.7 Å². The Balaban J connectivity index is 1.88. The summed E-state index contributed by atoms with van der Waals surface area (Å²) in [6.45, 7) is 2.51. The van der Waals surface area contributed by atoms with Crippen LogP contribution in [-0.2, 0) is 0 Å². The zero-order valence-corrected chi connectivity index (χ0v) is 10.00. The van der Waals surface area contributed by atoms with Crippen LogP contribution in [0, 0.1) is 6.92 Å². The average Bonchev–Trinajstić information content (AvgIpc) is 2.98. The van der Waals surface area contributed by atoms with E-state index < -0.39 is 0 Å². The second kappa shape index (κ2) is 4.47. The molecule has 0 spiro atoms. The van der Waals surface area contributed by atoms with E-state index >= 15 is 0 Å². The van der Waals surface area contributed by atoms with E-state index in [0.717, 1.165) is 11.3 Å². The molecule has 94 valence electrons. The molecule has 3 rings (SSSR count). The third-order valence-corrected chi connectivity index (χ3v) is 3.07. The fraction of sp³-hybridized carbons (Fsp3) is 0.417. The highest BCUT2D eigenvalue weighted by molar-refractivity contribution is 5.53. The summed E-state index contributed by atoms with van der Waals surface area (Å²) in [6, 6.07) is 3.76. The van der Waals surface area contributed by atoms with Gasteiger partial charge in [0.05, 0.1) is 12.1 Å². The number of rotatable bonds is 2. The molecule has 1 fully saturated rings. The molecule has 0 amide bonds. The number of aromatic nitrogens is 3. The summed E-state index contributed by atoms with van der Waals surface area (Å²) in [5.74, 6) is 0.998. The summed E-state index contributed by atoms with van der Waals surface area (Å²) in [6.07, 6.45) is 1.96. The van der Waals surface area contributed by atoms with Crippen LogP contribution in [0.2, 0.25) is 0 Å². The topological polar surface area (TPSA) is 84.1 Å². The first kappa shape index (κ1) is 11.3. The molecular weight excluding hydrogens is 232 g/mol. The lowest BCUT2D eigenvalue weighted by molar-refractivity contribution is 0.191. The molecule has 1 aliphatic rings. The normalized spacial score (nSPS) is 23.4. The van der Waals surface area contributed by atoms with Crippen molar-refractivity contribution in [3.8, 4) is 11.5 Å². The van der Waals surface area contributed by atoms with Crippen molar-refractivity contribution in [2.75, 3.05) is 6.54 Å². The second-order valence-electron chi connectivity index (χ2n) is 4.48. The first-order chi connectivity index (χ1) is 8.74. The highest BCUT2D eigenvalue weighted by atomic mass is 16.5. The first-order valence-electron chi connectivity index (χ1n) is 5.91. The lowest BCUT2D eigenvalue weighted by Crippen LogP contribution is -2.15. The zero-order valence-electron chi connectivity index (χ0n) is 10.00. The van der Waals surface area contributed by atoms with Crippen LogP contribution in [0.1, 0.15) is 23.9 Å². The summed E-state index contributed by atoms with van der Waals surface area (Å²) in [5, 5.41) is 16.5. The lowest BCUT2D eigenvalue weighted by Gasteiger charge is -2.01. The van der Waals surface area contributed by atoms with Crippen LogP contribution in [0.25, 0.3) is 11.5 Å². The van der Waals surface area contributed by atoms with Gasteiger partial charge in [-0.1, -0.05) is 11.2 Å². The van der Waals surface area contributed by atoms with Gasteiger partial charge in [0, 0.05) is 12.7 Å². The zero-order chi connectivity index (χ0) is 12.5. The predicted octanol–water partition coefficient (Wildman–Crippen LogP) is 0.835. The smallest absolute Gasteiger partial charge is 0.244 e. The molecule has 0 aliphatic carbocycles. The summed E-state index contributed by atoms with van der Waals surface area (Å²) < 4.78 is 5.23. The summed E-state index contributed by atoms with van der Waals surface area (Å²) >= 11 is 0. The van der Waals surface area contributed by atoms with Gasteiger partial charge in [0.2, 0.25) is 11.7 Å². The van der Waals surface area contributed by atoms with Crippen molar-refractivity contribution in [3.63, 3.8) is 0 Å². The first-order valence-corrected chi connectivity index (χ1v) is 5.91. The molecule has 0 bridgehead atoms. The predicted molar refractivity (Wildman–Crippen MR) is 63.6 cm³/mol. The fourth-order valence-electron chi connectivity index (χ4n) is 2.10. The van der Waals surface area contributed by atoms with Crippen LogP contribution in [-0.4, -0.2) is 32.9 Å². The SMILES string of the molecule is Cc1cccnc1-c1noc([C@H]2C[C@@H](O)CN2)n1. The summed E-state index contributed by atoms with van der Waals surface area (Å²) in [4.78, 5) is 8.59. The maximum absolute atomic E-state index is 9.46. The average molecular weight is 246 g/mol. The molecule has 0 saturated carbocycles. The van der Waals surface area contributed by atoms with Crippen molar-refractivity contribution in [1.82, 2.24) is 20.4 Å². The maximum Gasteiger partial charge on any atom is 0.244 e. The maximum atomic E-state index is 9.46. The Labute approximate surface area is 104 Å². The van der Waals surface area contributed by atoms with Crippen LogP contribution in [0.4, 0.5) is 0 Å². The van der Waals surface area contributed by atoms with Gasteiger partial charge in [-0.15, -0.1) is 0 Å². The van der Waals surface area contributed by atoms with Gasteiger partial charge < -0.3 is 14.9 Å². The van der Waals surface area contributed by atoms with E-state index in [1.807, 2.05) is 19.1 Å². The number of hydrogen-bond acceptors (Lipinski definition) is 6. The number of nitrogens with zero attached hydrogens (tertiary/aromatic N) is 3. The molecule has 2 N–H and O–H groups in total. The fourth-order valence-corrected chi connectivity index (χ4v) is 2.10. The Hall–Kier alpha value is -1.79. The van der Waals surface area contributed by atoms with Crippen molar-refractivity contribution in [2.24, 2.45) is 0 Å². The third-order valence-electron chi connectivity index (χ3n) is 3.07. The van der Waals surface area contributed by atoms with Gasteiger partial charge >= 0.3 is 0 Å². The molecule has 2 aromatic heterocycles. The number of aryl methyl sites for hydroxylation is 1. The van der Waals surface area contributed by atoms with Crippen molar-refractivity contribution in [3.05, 3.63) is 29.8 Å². The monoisotopic (exact) mass is 246 g/mol. The number of pyridine rings is 1. The number of aliphatic hydroxyl groups excluding tert-OH is 1. The molecule has 6 nitrogen and oxygen atoms in total. The van der Waals surface area contributed by atoms with Gasteiger partial charge in [0.25, 0.3) is 0 Å². The van der Waals surface area contributed by atoms with E-state index in [-0.39, 0.29) is 12.1 Å². The van der Waals surface area contributed by atoms with E-state index in [2.05, 4.69) is 20.4 Å². The van der Waals surface area contributed by atoms with Gasteiger partial charge in [-0.25, -0.2) is 0 Å².